The van der Waals surface area contributed by atoms with Crippen LogP contribution in [0.15, 0.2) is 63.2 Å². The Bertz CT molecular complexity index is 969. The van der Waals surface area contributed by atoms with Crippen LogP contribution in [0.2, 0.25) is 0 Å². The SMILES string of the molecule is Cc1ccc(Sc2ncnc(Nc3ccc(Br)cc3F)c2[N+](=O)[O-])cc1. The molecule has 3 rings (SSSR count). The molecule has 0 atom stereocenters. The van der Waals surface area contributed by atoms with Crippen molar-refractivity contribution in [2.75, 3.05) is 5.32 Å². The third kappa shape index (κ3) is 4.17. The molecule has 0 aliphatic heterocycles. The molecule has 0 radical (unpaired) electrons. The zero-order valence-corrected chi connectivity index (χ0v) is 15.8. The van der Waals surface area contributed by atoms with Crippen LogP contribution >= 0.6 is 27.7 Å². The molecule has 0 fully saturated rings. The van der Waals surface area contributed by atoms with Crippen LogP contribution < -0.4 is 5.32 Å². The first-order chi connectivity index (χ1) is 12.4. The fourth-order valence-corrected chi connectivity index (χ4v) is 3.33. The lowest BCUT2D eigenvalue weighted by molar-refractivity contribution is -0.387. The molecule has 0 aliphatic rings. The number of rotatable bonds is 5. The molecule has 1 aromatic heterocycles. The summed E-state index contributed by atoms with van der Waals surface area (Å²) in [5.74, 6) is -0.624. The van der Waals surface area contributed by atoms with Crippen molar-refractivity contribution in [3.05, 3.63) is 74.8 Å². The molecule has 1 heterocycles. The van der Waals surface area contributed by atoms with E-state index in [1.807, 2.05) is 31.2 Å². The predicted molar refractivity (Wildman–Crippen MR) is 101 cm³/mol. The monoisotopic (exact) mass is 434 g/mol. The van der Waals surface area contributed by atoms with Gasteiger partial charge in [-0.25, -0.2) is 14.4 Å². The number of aromatic nitrogens is 2. The molecule has 0 saturated heterocycles. The highest BCUT2D eigenvalue weighted by molar-refractivity contribution is 9.10. The topological polar surface area (TPSA) is 81.0 Å². The third-order valence-corrected chi connectivity index (χ3v) is 4.88. The summed E-state index contributed by atoms with van der Waals surface area (Å²) in [5, 5.41) is 14.4. The van der Waals surface area contributed by atoms with Crippen molar-refractivity contribution in [2.24, 2.45) is 0 Å². The van der Waals surface area contributed by atoms with Gasteiger partial charge in [0.15, 0.2) is 5.03 Å². The van der Waals surface area contributed by atoms with Crippen LogP contribution in [0, 0.1) is 22.9 Å². The van der Waals surface area contributed by atoms with Crippen LogP contribution in [-0.2, 0) is 0 Å². The maximum Gasteiger partial charge on any atom is 0.343 e. The second kappa shape index (κ2) is 7.79. The van der Waals surface area contributed by atoms with E-state index < -0.39 is 10.7 Å². The summed E-state index contributed by atoms with van der Waals surface area (Å²) in [6.07, 6.45) is 1.21. The Morgan fingerprint density at radius 3 is 2.58 bits per heavy atom. The lowest BCUT2D eigenvalue weighted by Gasteiger charge is -2.09. The zero-order chi connectivity index (χ0) is 18.7. The van der Waals surface area contributed by atoms with Gasteiger partial charge in [-0.1, -0.05) is 45.4 Å². The smallest absolute Gasteiger partial charge is 0.332 e. The van der Waals surface area contributed by atoms with E-state index in [0.29, 0.717) is 4.47 Å². The van der Waals surface area contributed by atoms with E-state index in [2.05, 4.69) is 31.2 Å². The van der Waals surface area contributed by atoms with Gasteiger partial charge < -0.3 is 5.32 Å². The van der Waals surface area contributed by atoms with Crippen molar-refractivity contribution in [1.29, 1.82) is 0 Å². The van der Waals surface area contributed by atoms with Gasteiger partial charge in [-0.2, -0.15) is 0 Å². The molecule has 0 aliphatic carbocycles. The largest absolute Gasteiger partial charge is 0.343 e. The van der Waals surface area contributed by atoms with E-state index >= 15 is 0 Å². The molecule has 3 aromatic rings. The molecule has 0 saturated carbocycles. The number of hydrogen-bond donors (Lipinski definition) is 1. The molecule has 0 bridgehead atoms. The van der Waals surface area contributed by atoms with Crippen LogP contribution in [0.5, 0.6) is 0 Å². The van der Waals surface area contributed by atoms with Crippen LogP contribution in [0.1, 0.15) is 5.56 Å². The van der Waals surface area contributed by atoms with Gasteiger partial charge in [0.1, 0.15) is 12.1 Å². The maximum absolute atomic E-state index is 14.0. The van der Waals surface area contributed by atoms with Gasteiger partial charge >= 0.3 is 5.69 Å². The lowest BCUT2D eigenvalue weighted by Crippen LogP contribution is -2.04. The lowest BCUT2D eigenvalue weighted by atomic mass is 10.2. The molecular weight excluding hydrogens is 423 g/mol. The first-order valence-corrected chi connectivity index (χ1v) is 9.01. The van der Waals surface area contributed by atoms with Crippen molar-refractivity contribution in [3.8, 4) is 0 Å². The van der Waals surface area contributed by atoms with Gasteiger partial charge in [-0.05, 0) is 37.3 Å². The molecule has 1 N–H and O–H groups in total. The predicted octanol–water partition coefficient (Wildman–Crippen LogP) is 5.49. The maximum atomic E-state index is 14.0. The van der Waals surface area contributed by atoms with E-state index in [0.717, 1.165) is 22.2 Å². The minimum absolute atomic E-state index is 0.0687. The molecular formula is C17H12BrFN4O2S. The van der Waals surface area contributed by atoms with E-state index in [9.17, 15) is 14.5 Å². The summed E-state index contributed by atoms with van der Waals surface area (Å²) >= 11 is 4.32. The Kier molecular flexibility index (Phi) is 5.48. The van der Waals surface area contributed by atoms with Crippen LogP contribution in [0.25, 0.3) is 0 Å². The van der Waals surface area contributed by atoms with Crippen LogP contribution in [0.3, 0.4) is 0 Å². The van der Waals surface area contributed by atoms with Gasteiger partial charge in [0.2, 0.25) is 5.82 Å². The first kappa shape index (κ1) is 18.3. The number of nitro groups is 1. The number of nitrogens with zero attached hydrogens (tertiary/aromatic N) is 3. The molecule has 2 aromatic carbocycles. The summed E-state index contributed by atoms with van der Waals surface area (Å²) in [5.41, 5.74) is 0.862. The molecule has 26 heavy (non-hydrogen) atoms. The fraction of sp³-hybridized carbons (Fsp3) is 0.0588. The van der Waals surface area contributed by atoms with Crippen molar-refractivity contribution >= 4 is 44.9 Å². The van der Waals surface area contributed by atoms with Gasteiger partial charge in [0, 0.05) is 9.37 Å². The number of hydrogen-bond acceptors (Lipinski definition) is 6. The van der Waals surface area contributed by atoms with Crippen molar-refractivity contribution in [3.63, 3.8) is 0 Å². The summed E-state index contributed by atoms with van der Waals surface area (Å²) in [6.45, 7) is 1.95. The molecule has 9 heteroatoms. The third-order valence-electron chi connectivity index (χ3n) is 3.39. The van der Waals surface area contributed by atoms with Gasteiger partial charge in [0.25, 0.3) is 0 Å². The Balaban J connectivity index is 1.98. The second-order valence-corrected chi connectivity index (χ2v) is 7.28. The second-order valence-electron chi connectivity index (χ2n) is 5.30. The van der Waals surface area contributed by atoms with Gasteiger partial charge in [-0.15, -0.1) is 0 Å². The Hall–Kier alpha value is -2.52. The van der Waals surface area contributed by atoms with Gasteiger partial charge in [-0.3, -0.25) is 10.1 Å². The van der Waals surface area contributed by atoms with E-state index in [1.54, 1.807) is 6.07 Å². The fourth-order valence-electron chi connectivity index (χ4n) is 2.13. The highest BCUT2D eigenvalue weighted by Gasteiger charge is 2.24. The normalized spacial score (nSPS) is 10.6. The zero-order valence-electron chi connectivity index (χ0n) is 13.4. The van der Waals surface area contributed by atoms with Crippen LogP contribution in [0.4, 0.5) is 21.6 Å². The Morgan fingerprint density at radius 1 is 1.19 bits per heavy atom. The molecule has 6 nitrogen and oxygen atoms in total. The minimum Gasteiger partial charge on any atom is -0.332 e. The molecule has 0 spiro atoms. The Morgan fingerprint density at radius 2 is 1.92 bits per heavy atom. The number of anilines is 2. The summed E-state index contributed by atoms with van der Waals surface area (Å²) in [4.78, 5) is 19.8. The number of halogens is 2. The van der Waals surface area contributed by atoms with Crippen molar-refractivity contribution in [2.45, 2.75) is 16.8 Å². The average Bonchev–Trinajstić information content (AvgIpc) is 2.59. The molecule has 0 amide bonds. The highest BCUT2D eigenvalue weighted by Crippen LogP contribution is 2.37. The standard InChI is InChI=1S/C17H12BrFN4O2S/c1-10-2-5-12(6-3-10)26-17-15(23(24)25)16(20-9-21-17)22-14-7-4-11(18)8-13(14)19/h2-9H,1H3,(H,20,21,22). The highest BCUT2D eigenvalue weighted by atomic mass is 79.9. The summed E-state index contributed by atoms with van der Waals surface area (Å²) in [7, 11) is 0. The first-order valence-electron chi connectivity index (χ1n) is 7.40. The van der Waals surface area contributed by atoms with Gasteiger partial charge in [0.05, 0.1) is 10.6 Å². The van der Waals surface area contributed by atoms with E-state index in [4.69, 9.17) is 0 Å². The quantitative estimate of drug-likeness (QED) is 0.324. The summed E-state index contributed by atoms with van der Waals surface area (Å²) in [6, 6.07) is 11.9. The molecule has 132 valence electrons. The van der Waals surface area contributed by atoms with E-state index in [1.165, 1.54) is 18.5 Å². The minimum atomic E-state index is -0.574. The van der Waals surface area contributed by atoms with Crippen molar-refractivity contribution < 1.29 is 9.31 Å². The number of aryl methyl sites for hydroxylation is 1. The molecule has 0 unspecified atom stereocenters. The summed E-state index contributed by atoms with van der Waals surface area (Å²) < 4.78 is 14.6. The Labute approximate surface area is 161 Å². The average molecular weight is 435 g/mol. The number of nitrogens with one attached hydrogen (secondary N) is 1. The van der Waals surface area contributed by atoms with Crippen molar-refractivity contribution in [1.82, 2.24) is 9.97 Å². The van der Waals surface area contributed by atoms with E-state index in [-0.39, 0.29) is 22.2 Å². The van der Waals surface area contributed by atoms with Crippen LogP contribution in [-0.4, -0.2) is 14.9 Å². The number of benzene rings is 2.